The Morgan fingerprint density at radius 2 is 1.71 bits per heavy atom. The largest absolute Gasteiger partial charge is 0.395 e. The molecule has 0 aromatic carbocycles. The van der Waals surface area contributed by atoms with Crippen LogP contribution in [0.25, 0.3) is 0 Å². The molecule has 1 saturated carbocycles. The van der Waals surface area contributed by atoms with Gasteiger partial charge < -0.3 is 20.5 Å². The zero-order valence-corrected chi connectivity index (χ0v) is 13.1. The number of aliphatic hydroxyl groups is 2. The van der Waals surface area contributed by atoms with Crippen LogP contribution in [0.15, 0.2) is 23.1 Å². The summed E-state index contributed by atoms with van der Waals surface area (Å²) in [5, 5.41) is 19.6. The van der Waals surface area contributed by atoms with E-state index in [0.717, 1.165) is 13.1 Å². The Kier molecular flexibility index (Phi) is 14.4. The summed E-state index contributed by atoms with van der Waals surface area (Å²) in [5.41, 5.74) is 0.459. The molecule has 0 unspecified atom stereocenters. The molecule has 21 heavy (non-hydrogen) atoms. The summed E-state index contributed by atoms with van der Waals surface area (Å²) in [5.74, 6) is 0. The van der Waals surface area contributed by atoms with Gasteiger partial charge in [-0.2, -0.15) is 0 Å². The van der Waals surface area contributed by atoms with E-state index in [1.165, 1.54) is 50.8 Å². The van der Waals surface area contributed by atoms with Crippen molar-refractivity contribution in [1.29, 1.82) is 0 Å². The first-order valence-electron chi connectivity index (χ1n) is 7.84. The van der Waals surface area contributed by atoms with E-state index in [1.54, 1.807) is 6.07 Å². The van der Waals surface area contributed by atoms with Crippen molar-refractivity contribution < 1.29 is 10.2 Å². The van der Waals surface area contributed by atoms with E-state index in [1.807, 2.05) is 6.92 Å². The van der Waals surface area contributed by atoms with E-state index >= 15 is 0 Å². The van der Waals surface area contributed by atoms with Crippen molar-refractivity contribution in [3.05, 3.63) is 34.2 Å². The molecule has 1 heterocycles. The minimum absolute atomic E-state index is 0.0794. The van der Waals surface area contributed by atoms with Gasteiger partial charge in [0.15, 0.2) is 0 Å². The highest BCUT2D eigenvalue weighted by Crippen LogP contribution is 2.15. The maximum absolute atomic E-state index is 10.5. The van der Waals surface area contributed by atoms with Crippen LogP contribution >= 0.6 is 0 Å². The molecule has 1 aliphatic carbocycles. The summed E-state index contributed by atoms with van der Waals surface area (Å²) < 4.78 is 0. The van der Waals surface area contributed by atoms with E-state index in [-0.39, 0.29) is 18.8 Å². The van der Waals surface area contributed by atoms with Gasteiger partial charge in [-0.25, -0.2) is 0 Å². The molecule has 0 spiro atoms. The topological polar surface area (TPSA) is 85.3 Å². The van der Waals surface area contributed by atoms with Crippen molar-refractivity contribution in [2.75, 3.05) is 19.7 Å². The molecular weight excluding hydrogens is 268 g/mol. The average molecular weight is 298 g/mol. The molecule has 0 bridgehead atoms. The number of rotatable bonds is 4. The standard InChI is InChI=1S/C6H7NO2.C6H12.C4H11NO/c8-4-5-1-2-7-6(9)3-5;1-2-4-6-5-3-1;1-2-5-3-4-6/h1-3,8H,4H2,(H,7,9);1-6H2;5-6H,2-4H2,1H3. The first-order chi connectivity index (χ1) is 10.2. The Morgan fingerprint density at radius 1 is 1.14 bits per heavy atom. The molecule has 122 valence electrons. The number of pyridine rings is 1. The number of aliphatic hydroxyl groups excluding tert-OH is 2. The highest BCUT2D eigenvalue weighted by atomic mass is 16.3. The van der Waals surface area contributed by atoms with Gasteiger partial charge >= 0.3 is 0 Å². The fourth-order valence-electron chi connectivity index (χ4n) is 1.90. The molecule has 1 aromatic rings. The second kappa shape index (κ2) is 15.2. The Hall–Kier alpha value is -1.17. The predicted molar refractivity (Wildman–Crippen MR) is 86.3 cm³/mol. The third-order valence-corrected chi connectivity index (χ3v) is 3.06. The molecule has 5 nitrogen and oxygen atoms in total. The Labute approximate surface area is 127 Å². The monoisotopic (exact) mass is 298 g/mol. The van der Waals surface area contributed by atoms with Gasteiger partial charge in [-0.05, 0) is 18.2 Å². The number of nitrogens with one attached hydrogen (secondary N) is 2. The number of aromatic nitrogens is 1. The lowest BCUT2D eigenvalue weighted by molar-refractivity contribution is 0.281. The molecule has 0 radical (unpaired) electrons. The molecule has 4 N–H and O–H groups in total. The van der Waals surface area contributed by atoms with Crippen molar-refractivity contribution in [3.63, 3.8) is 0 Å². The van der Waals surface area contributed by atoms with Gasteiger partial charge in [-0.1, -0.05) is 45.4 Å². The van der Waals surface area contributed by atoms with Gasteiger partial charge in [0, 0.05) is 18.8 Å². The van der Waals surface area contributed by atoms with Gasteiger partial charge in [0.25, 0.3) is 0 Å². The Bertz CT molecular complexity index is 360. The van der Waals surface area contributed by atoms with E-state index in [4.69, 9.17) is 10.2 Å². The summed E-state index contributed by atoms with van der Waals surface area (Å²) in [6, 6.07) is 3.02. The highest BCUT2D eigenvalue weighted by Gasteiger charge is 1.95. The SMILES string of the molecule is C1CCCCC1.CCNCCO.O=c1cc(CO)cc[nH]1. The smallest absolute Gasteiger partial charge is 0.248 e. The van der Waals surface area contributed by atoms with Crippen LogP contribution in [0.3, 0.4) is 0 Å². The maximum atomic E-state index is 10.5. The number of H-pyrrole nitrogens is 1. The van der Waals surface area contributed by atoms with Gasteiger partial charge in [0.05, 0.1) is 13.2 Å². The van der Waals surface area contributed by atoms with Crippen LogP contribution in [0.1, 0.15) is 51.0 Å². The molecule has 0 amide bonds. The lowest BCUT2D eigenvalue weighted by Gasteiger charge is -2.05. The summed E-state index contributed by atoms with van der Waals surface area (Å²) in [7, 11) is 0. The second-order valence-electron chi connectivity index (χ2n) is 4.92. The molecule has 1 fully saturated rings. The van der Waals surface area contributed by atoms with E-state index in [9.17, 15) is 4.79 Å². The number of hydrogen-bond donors (Lipinski definition) is 4. The van der Waals surface area contributed by atoms with Crippen LogP contribution in [-0.2, 0) is 6.61 Å². The van der Waals surface area contributed by atoms with Gasteiger partial charge in [0.1, 0.15) is 0 Å². The Morgan fingerprint density at radius 3 is 2.00 bits per heavy atom. The molecule has 1 aromatic heterocycles. The second-order valence-corrected chi connectivity index (χ2v) is 4.92. The summed E-state index contributed by atoms with van der Waals surface area (Å²) >= 11 is 0. The molecule has 5 heteroatoms. The predicted octanol–water partition coefficient (Wildman–Crippen LogP) is 1.80. The van der Waals surface area contributed by atoms with E-state index in [0.29, 0.717) is 5.56 Å². The fourth-order valence-corrected chi connectivity index (χ4v) is 1.90. The van der Waals surface area contributed by atoms with Crippen molar-refractivity contribution in [2.24, 2.45) is 0 Å². The van der Waals surface area contributed by atoms with Crippen molar-refractivity contribution in [3.8, 4) is 0 Å². The van der Waals surface area contributed by atoms with E-state index < -0.39 is 0 Å². The molecule has 0 atom stereocenters. The van der Waals surface area contributed by atoms with Crippen LogP contribution in [0.2, 0.25) is 0 Å². The van der Waals surface area contributed by atoms with Crippen LogP contribution in [0.5, 0.6) is 0 Å². The van der Waals surface area contributed by atoms with Crippen molar-refractivity contribution >= 4 is 0 Å². The third-order valence-electron chi connectivity index (χ3n) is 3.06. The quantitative estimate of drug-likeness (QED) is 0.639. The number of aromatic amines is 1. The summed E-state index contributed by atoms with van der Waals surface area (Å²) in [4.78, 5) is 12.9. The normalized spacial score (nSPS) is 13.5. The summed E-state index contributed by atoms with van der Waals surface area (Å²) in [6.45, 7) is 3.84. The van der Waals surface area contributed by atoms with Crippen LogP contribution in [0.4, 0.5) is 0 Å². The number of hydrogen-bond acceptors (Lipinski definition) is 4. The zero-order valence-electron chi connectivity index (χ0n) is 13.1. The summed E-state index contributed by atoms with van der Waals surface area (Å²) in [6.07, 6.45) is 10.5. The lowest BCUT2D eigenvalue weighted by atomic mass is 10.0. The van der Waals surface area contributed by atoms with Crippen LogP contribution in [-0.4, -0.2) is 34.9 Å². The fraction of sp³-hybridized carbons (Fsp3) is 0.688. The molecule has 0 aliphatic heterocycles. The minimum atomic E-state index is -0.179. The first-order valence-corrected chi connectivity index (χ1v) is 7.84. The molecular formula is C16H30N2O3. The van der Waals surface area contributed by atoms with Crippen molar-refractivity contribution in [2.45, 2.75) is 52.1 Å². The molecule has 2 rings (SSSR count). The van der Waals surface area contributed by atoms with Crippen LogP contribution in [0, 0.1) is 0 Å². The van der Waals surface area contributed by atoms with E-state index in [2.05, 4.69) is 10.3 Å². The van der Waals surface area contributed by atoms with Crippen LogP contribution < -0.4 is 10.9 Å². The van der Waals surface area contributed by atoms with Gasteiger partial charge in [-0.3, -0.25) is 4.79 Å². The number of likely N-dealkylation sites (N-methyl/N-ethyl adjacent to an activating group) is 1. The highest BCUT2D eigenvalue weighted by molar-refractivity contribution is 5.07. The average Bonchev–Trinajstić information content (AvgIpc) is 2.55. The molecule has 0 saturated heterocycles. The Balaban J connectivity index is 0.000000297. The maximum Gasteiger partial charge on any atom is 0.248 e. The lowest BCUT2D eigenvalue weighted by Crippen LogP contribution is -2.16. The van der Waals surface area contributed by atoms with Gasteiger partial charge in [-0.15, -0.1) is 0 Å². The first kappa shape index (κ1) is 19.8. The van der Waals surface area contributed by atoms with Crippen molar-refractivity contribution in [1.82, 2.24) is 10.3 Å². The molecule has 1 aliphatic rings. The third kappa shape index (κ3) is 13.6. The minimum Gasteiger partial charge on any atom is -0.395 e. The van der Waals surface area contributed by atoms with Gasteiger partial charge in [0.2, 0.25) is 5.56 Å². The zero-order chi connectivity index (χ0) is 15.8.